The van der Waals surface area contributed by atoms with E-state index >= 15 is 0 Å². The van der Waals surface area contributed by atoms with Crippen molar-refractivity contribution >= 4 is 5.91 Å². The number of rotatable bonds is 2. The van der Waals surface area contributed by atoms with E-state index in [1.54, 1.807) is 0 Å². The fourth-order valence-electron chi connectivity index (χ4n) is 1.84. The van der Waals surface area contributed by atoms with Gasteiger partial charge in [-0.2, -0.15) is 0 Å². The molecule has 80 valence electrons. The highest BCUT2D eigenvalue weighted by Crippen LogP contribution is 2.06. The van der Waals surface area contributed by atoms with E-state index in [1.807, 2.05) is 4.90 Å². The number of carbonyl (C=O) groups is 1. The van der Waals surface area contributed by atoms with Crippen LogP contribution in [-0.2, 0) is 9.53 Å². The van der Waals surface area contributed by atoms with Gasteiger partial charge in [-0.05, 0) is 0 Å². The number of carbonyl (C=O) groups excluding carboxylic acids is 1. The summed E-state index contributed by atoms with van der Waals surface area (Å²) in [5.74, 6) is 0.209. The average molecular weight is 199 g/mol. The number of hydrogen-bond acceptors (Lipinski definition) is 4. The van der Waals surface area contributed by atoms with Crippen LogP contribution in [-0.4, -0.2) is 67.7 Å². The summed E-state index contributed by atoms with van der Waals surface area (Å²) in [5.41, 5.74) is 5.64. The van der Waals surface area contributed by atoms with E-state index in [0.717, 1.165) is 26.2 Å². The van der Waals surface area contributed by atoms with Gasteiger partial charge in [0.15, 0.2) is 0 Å². The Balaban J connectivity index is 1.71. The van der Waals surface area contributed by atoms with Gasteiger partial charge in [0.25, 0.3) is 0 Å². The molecule has 14 heavy (non-hydrogen) atoms. The molecule has 0 spiro atoms. The van der Waals surface area contributed by atoms with E-state index in [2.05, 4.69) is 4.90 Å². The molecule has 2 rings (SSSR count). The molecule has 0 saturated carbocycles. The zero-order valence-electron chi connectivity index (χ0n) is 8.32. The molecule has 2 aliphatic rings. The van der Waals surface area contributed by atoms with Gasteiger partial charge < -0.3 is 15.4 Å². The SMILES string of the molecule is NC1CN(CC(=O)N2CCOCC2)C1. The van der Waals surface area contributed by atoms with E-state index in [4.69, 9.17) is 10.5 Å². The van der Waals surface area contributed by atoms with Gasteiger partial charge >= 0.3 is 0 Å². The van der Waals surface area contributed by atoms with Gasteiger partial charge in [0.1, 0.15) is 0 Å². The molecule has 0 atom stereocenters. The van der Waals surface area contributed by atoms with Gasteiger partial charge in [0.2, 0.25) is 5.91 Å². The normalized spacial score (nSPS) is 24.8. The minimum atomic E-state index is 0.209. The highest BCUT2D eigenvalue weighted by atomic mass is 16.5. The highest BCUT2D eigenvalue weighted by Gasteiger charge is 2.27. The maximum absolute atomic E-state index is 11.7. The summed E-state index contributed by atoms with van der Waals surface area (Å²) < 4.78 is 5.18. The Morgan fingerprint density at radius 2 is 2.00 bits per heavy atom. The number of nitrogens with zero attached hydrogens (tertiary/aromatic N) is 2. The molecular formula is C9H17N3O2. The Morgan fingerprint density at radius 3 is 2.57 bits per heavy atom. The summed E-state index contributed by atoms with van der Waals surface area (Å²) in [5, 5.41) is 0. The smallest absolute Gasteiger partial charge is 0.236 e. The average Bonchev–Trinajstić information content (AvgIpc) is 2.17. The van der Waals surface area contributed by atoms with E-state index < -0.39 is 0 Å². The fourth-order valence-corrected chi connectivity index (χ4v) is 1.84. The lowest BCUT2D eigenvalue weighted by molar-refractivity contribution is -0.137. The monoisotopic (exact) mass is 199 g/mol. The van der Waals surface area contributed by atoms with Gasteiger partial charge in [0, 0.05) is 32.2 Å². The fraction of sp³-hybridized carbons (Fsp3) is 0.889. The van der Waals surface area contributed by atoms with Crippen LogP contribution in [0.5, 0.6) is 0 Å². The first-order chi connectivity index (χ1) is 6.75. The van der Waals surface area contributed by atoms with Crippen molar-refractivity contribution < 1.29 is 9.53 Å². The molecule has 0 aromatic rings. The number of hydrogen-bond donors (Lipinski definition) is 1. The number of nitrogens with two attached hydrogens (primary N) is 1. The summed E-state index contributed by atoms with van der Waals surface area (Å²) in [6.45, 7) is 5.05. The summed E-state index contributed by atoms with van der Waals surface area (Å²) in [7, 11) is 0. The molecule has 0 aliphatic carbocycles. The molecular weight excluding hydrogens is 182 g/mol. The van der Waals surface area contributed by atoms with Gasteiger partial charge in [-0.25, -0.2) is 0 Å². The molecule has 0 unspecified atom stereocenters. The van der Waals surface area contributed by atoms with Crippen LogP contribution in [0, 0.1) is 0 Å². The van der Waals surface area contributed by atoms with Crippen LogP contribution in [0.15, 0.2) is 0 Å². The van der Waals surface area contributed by atoms with Crippen LogP contribution in [0.2, 0.25) is 0 Å². The van der Waals surface area contributed by atoms with E-state index in [1.165, 1.54) is 0 Å². The number of amides is 1. The lowest BCUT2D eigenvalue weighted by Crippen LogP contribution is -2.58. The summed E-state index contributed by atoms with van der Waals surface area (Å²) in [6, 6.07) is 0.271. The van der Waals surface area contributed by atoms with Gasteiger partial charge in [0.05, 0.1) is 19.8 Å². The minimum absolute atomic E-state index is 0.209. The summed E-state index contributed by atoms with van der Waals surface area (Å²) >= 11 is 0. The Bertz CT molecular complexity index is 210. The van der Waals surface area contributed by atoms with Gasteiger partial charge in [-0.1, -0.05) is 0 Å². The summed E-state index contributed by atoms with van der Waals surface area (Å²) in [6.07, 6.45) is 0. The Morgan fingerprint density at radius 1 is 1.36 bits per heavy atom. The van der Waals surface area contributed by atoms with Crippen molar-refractivity contribution in [3.8, 4) is 0 Å². The third-order valence-electron chi connectivity index (χ3n) is 2.71. The van der Waals surface area contributed by atoms with Crippen molar-refractivity contribution in [1.82, 2.24) is 9.80 Å². The van der Waals surface area contributed by atoms with Gasteiger partial charge in [-0.3, -0.25) is 9.69 Å². The maximum atomic E-state index is 11.7. The van der Waals surface area contributed by atoms with Crippen LogP contribution in [0.1, 0.15) is 0 Å². The Labute approximate surface area is 83.8 Å². The summed E-state index contributed by atoms with van der Waals surface area (Å²) in [4.78, 5) is 15.7. The second kappa shape index (κ2) is 4.25. The minimum Gasteiger partial charge on any atom is -0.378 e. The zero-order chi connectivity index (χ0) is 9.97. The van der Waals surface area contributed by atoms with Crippen molar-refractivity contribution in [1.29, 1.82) is 0 Å². The predicted molar refractivity (Wildman–Crippen MR) is 51.8 cm³/mol. The van der Waals surface area contributed by atoms with Crippen molar-refractivity contribution in [2.75, 3.05) is 45.9 Å². The molecule has 0 radical (unpaired) electrons. The molecule has 1 amide bonds. The van der Waals surface area contributed by atoms with Crippen LogP contribution < -0.4 is 5.73 Å². The Hall–Kier alpha value is -0.650. The second-order valence-corrected chi connectivity index (χ2v) is 3.95. The molecule has 5 nitrogen and oxygen atoms in total. The maximum Gasteiger partial charge on any atom is 0.236 e. The van der Waals surface area contributed by atoms with Crippen LogP contribution >= 0.6 is 0 Å². The van der Waals surface area contributed by atoms with Gasteiger partial charge in [-0.15, -0.1) is 0 Å². The number of ether oxygens (including phenoxy) is 1. The molecule has 0 bridgehead atoms. The molecule has 2 fully saturated rings. The van der Waals surface area contributed by atoms with Crippen molar-refractivity contribution in [3.63, 3.8) is 0 Å². The molecule has 0 aromatic heterocycles. The van der Waals surface area contributed by atoms with E-state index in [0.29, 0.717) is 19.8 Å². The first kappa shape index (κ1) is 9.89. The molecule has 2 aliphatic heterocycles. The molecule has 5 heteroatoms. The quantitative estimate of drug-likeness (QED) is 0.587. The van der Waals surface area contributed by atoms with Crippen molar-refractivity contribution in [2.24, 2.45) is 5.73 Å². The Kier molecular flexibility index (Phi) is 3.00. The second-order valence-electron chi connectivity index (χ2n) is 3.95. The van der Waals surface area contributed by atoms with Crippen LogP contribution in [0.25, 0.3) is 0 Å². The molecule has 2 N–H and O–H groups in total. The largest absolute Gasteiger partial charge is 0.378 e. The number of likely N-dealkylation sites (tertiary alicyclic amines) is 1. The first-order valence-electron chi connectivity index (χ1n) is 5.09. The lowest BCUT2D eigenvalue weighted by Gasteiger charge is -2.38. The first-order valence-corrected chi connectivity index (χ1v) is 5.09. The van der Waals surface area contributed by atoms with Crippen LogP contribution in [0.4, 0.5) is 0 Å². The van der Waals surface area contributed by atoms with Crippen molar-refractivity contribution in [2.45, 2.75) is 6.04 Å². The molecule has 2 heterocycles. The molecule has 2 saturated heterocycles. The van der Waals surface area contributed by atoms with Crippen molar-refractivity contribution in [3.05, 3.63) is 0 Å². The number of morpholine rings is 1. The topological polar surface area (TPSA) is 58.8 Å². The standard InChI is InChI=1S/C9H17N3O2/c10-8-5-11(6-8)7-9(13)12-1-3-14-4-2-12/h8H,1-7,10H2. The zero-order valence-corrected chi connectivity index (χ0v) is 8.32. The lowest BCUT2D eigenvalue weighted by atomic mass is 10.1. The predicted octanol–water partition coefficient (Wildman–Crippen LogP) is -1.51. The van der Waals surface area contributed by atoms with E-state index in [9.17, 15) is 4.79 Å². The highest BCUT2D eigenvalue weighted by molar-refractivity contribution is 5.78. The third kappa shape index (κ3) is 2.23. The van der Waals surface area contributed by atoms with Crippen LogP contribution in [0.3, 0.4) is 0 Å². The third-order valence-corrected chi connectivity index (χ3v) is 2.71. The van der Waals surface area contributed by atoms with E-state index in [-0.39, 0.29) is 11.9 Å². The molecule has 0 aromatic carbocycles.